The normalized spacial score (nSPS) is 10.8. The van der Waals surface area contributed by atoms with Gasteiger partial charge < -0.3 is 10.2 Å². The van der Waals surface area contributed by atoms with E-state index in [9.17, 15) is 9.59 Å². The molecule has 0 amide bonds. The summed E-state index contributed by atoms with van der Waals surface area (Å²) in [5.74, 6) is -0.281. The van der Waals surface area contributed by atoms with Crippen LogP contribution in [0.2, 0.25) is 0 Å². The third-order valence-corrected chi connectivity index (χ3v) is 3.00. The van der Waals surface area contributed by atoms with Crippen LogP contribution in [-0.4, -0.2) is 9.55 Å². The molecule has 3 aromatic rings. The van der Waals surface area contributed by atoms with E-state index in [4.69, 9.17) is 10.2 Å². The highest BCUT2D eigenvalue weighted by Crippen LogP contribution is 2.10. The lowest BCUT2D eigenvalue weighted by atomic mass is 10.2. The number of fused-ring (bicyclic) bond motifs is 1. The minimum Gasteiger partial charge on any atom is -0.384 e. The Hall–Kier alpha value is -2.89. The maximum Gasteiger partial charge on any atom is 0.422 e. The van der Waals surface area contributed by atoms with Gasteiger partial charge in [0.2, 0.25) is 0 Å². The van der Waals surface area contributed by atoms with Gasteiger partial charge in [-0.2, -0.15) is 0 Å². The third-order valence-electron chi connectivity index (χ3n) is 3.00. The lowest BCUT2D eigenvalue weighted by Crippen LogP contribution is -2.25. The standard InChI is InChI=1S/C14H11N3O3/c15-12-6-5-9(7-16-12)8-17-11-4-2-1-3-10(11)13(18)20-14(17)19/h1-7H,8H2,(H2,15,16). The van der Waals surface area contributed by atoms with E-state index in [2.05, 4.69) is 4.98 Å². The Labute approximate surface area is 113 Å². The van der Waals surface area contributed by atoms with Crippen molar-refractivity contribution in [3.8, 4) is 0 Å². The Balaban J connectivity index is 2.18. The second kappa shape index (κ2) is 4.65. The number of nitrogens with two attached hydrogens (primary N) is 1. The lowest BCUT2D eigenvalue weighted by molar-refractivity contribution is 0.424. The Bertz CT molecular complexity index is 879. The minimum absolute atomic E-state index is 0.260. The molecule has 0 aliphatic carbocycles. The lowest BCUT2D eigenvalue weighted by Gasteiger charge is -2.08. The molecule has 2 heterocycles. The molecule has 1 aromatic carbocycles. The van der Waals surface area contributed by atoms with E-state index in [1.54, 1.807) is 42.6 Å². The van der Waals surface area contributed by atoms with Crippen molar-refractivity contribution in [2.24, 2.45) is 0 Å². The Kier molecular flexibility index (Phi) is 2.83. The van der Waals surface area contributed by atoms with Crippen molar-refractivity contribution in [1.82, 2.24) is 9.55 Å². The highest BCUT2D eigenvalue weighted by Gasteiger charge is 2.09. The number of nitrogen functional groups attached to an aromatic ring is 1. The number of para-hydroxylation sites is 1. The van der Waals surface area contributed by atoms with E-state index in [1.807, 2.05) is 0 Å². The average molecular weight is 269 g/mol. The van der Waals surface area contributed by atoms with Crippen LogP contribution >= 0.6 is 0 Å². The summed E-state index contributed by atoms with van der Waals surface area (Å²) >= 11 is 0. The number of pyridine rings is 1. The zero-order chi connectivity index (χ0) is 14.1. The molecule has 0 saturated heterocycles. The molecule has 0 saturated carbocycles. The molecule has 0 fully saturated rings. The summed E-state index contributed by atoms with van der Waals surface area (Å²) < 4.78 is 6.12. The van der Waals surface area contributed by atoms with Crippen molar-refractivity contribution in [2.45, 2.75) is 6.54 Å². The van der Waals surface area contributed by atoms with Gasteiger partial charge in [-0.25, -0.2) is 14.6 Å². The fraction of sp³-hybridized carbons (Fsp3) is 0.0714. The molecule has 6 nitrogen and oxygen atoms in total. The summed E-state index contributed by atoms with van der Waals surface area (Å²) in [5.41, 5.74) is 6.22. The van der Waals surface area contributed by atoms with Crippen LogP contribution in [0, 0.1) is 0 Å². The van der Waals surface area contributed by atoms with Crippen molar-refractivity contribution in [1.29, 1.82) is 0 Å². The van der Waals surface area contributed by atoms with Gasteiger partial charge in [-0.3, -0.25) is 4.57 Å². The van der Waals surface area contributed by atoms with Crippen LogP contribution in [0.4, 0.5) is 5.82 Å². The van der Waals surface area contributed by atoms with Crippen molar-refractivity contribution in [3.63, 3.8) is 0 Å². The van der Waals surface area contributed by atoms with Crippen LogP contribution in [0.3, 0.4) is 0 Å². The topological polar surface area (TPSA) is 91.1 Å². The smallest absolute Gasteiger partial charge is 0.384 e. The maximum absolute atomic E-state index is 11.9. The van der Waals surface area contributed by atoms with E-state index >= 15 is 0 Å². The van der Waals surface area contributed by atoms with Crippen molar-refractivity contribution in [2.75, 3.05) is 5.73 Å². The second-order valence-corrected chi connectivity index (χ2v) is 4.35. The summed E-state index contributed by atoms with van der Waals surface area (Å²) in [4.78, 5) is 27.5. The first-order valence-corrected chi connectivity index (χ1v) is 5.98. The second-order valence-electron chi connectivity index (χ2n) is 4.35. The van der Waals surface area contributed by atoms with Gasteiger partial charge in [-0.1, -0.05) is 18.2 Å². The van der Waals surface area contributed by atoms with Crippen LogP contribution in [0.5, 0.6) is 0 Å². The van der Waals surface area contributed by atoms with Crippen LogP contribution in [0.25, 0.3) is 10.9 Å². The third kappa shape index (κ3) is 2.07. The van der Waals surface area contributed by atoms with Crippen molar-refractivity contribution in [3.05, 3.63) is 69.1 Å². The van der Waals surface area contributed by atoms with Crippen LogP contribution in [-0.2, 0) is 6.54 Å². The number of aromatic nitrogens is 2. The Morgan fingerprint density at radius 2 is 1.95 bits per heavy atom. The molecule has 2 aromatic heterocycles. The highest BCUT2D eigenvalue weighted by atomic mass is 16.4. The Morgan fingerprint density at radius 1 is 1.15 bits per heavy atom. The number of hydrogen-bond acceptors (Lipinski definition) is 5. The van der Waals surface area contributed by atoms with Gasteiger partial charge in [-0.05, 0) is 23.8 Å². The number of benzene rings is 1. The summed E-state index contributed by atoms with van der Waals surface area (Å²) in [6, 6.07) is 10.2. The molecule has 0 radical (unpaired) electrons. The van der Waals surface area contributed by atoms with Crippen molar-refractivity contribution >= 4 is 16.7 Å². The molecule has 0 aliphatic heterocycles. The molecule has 0 unspecified atom stereocenters. The molecular weight excluding hydrogens is 258 g/mol. The van der Waals surface area contributed by atoms with Gasteiger partial charge in [-0.15, -0.1) is 0 Å². The number of hydrogen-bond donors (Lipinski definition) is 1. The molecule has 0 atom stereocenters. The van der Waals surface area contributed by atoms with Gasteiger partial charge in [0.25, 0.3) is 0 Å². The summed E-state index contributed by atoms with van der Waals surface area (Å²) in [5, 5.41) is 0.371. The first-order chi connectivity index (χ1) is 9.65. The first-order valence-electron chi connectivity index (χ1n) is 5.98. The molecule has 20 heavy (non-hydrogen) atoms. The predicted molar refractivity (Wildman–Crippen MR) is 74.5 cm³/mol. The van der Waals surface area contributed by atoms with Crippen molar-refractivity contribution < 1.29 is 4.42 Å². The van der Waals surface area contributed by atoms with Gasteiger partial charge in [0.05, 0.1) is 17.4 Å². The summed E-state index contributed by atoms with van der Waals surface area (Å²) in [7, 11) is 0. The average Bonchev–Trinajstić information content (AvgIpc) is 2.45. The fourth-order valence-corrected chi connectivity index (χ4v) is 2.03. The zero-order valence-corrected chi connectivity index (χ0v) is 10.4. The number of anilines is 1. The minimum atomic E-state index is -0.689. The SMILES string of the molecule is Nc1ccc(Cn2c(=O)oc(=O)c3ccccc32)cn1. The zero-order valence-electron chi connectivity index (χ0n) is 10.4. The van der Waals surface area contributed by atoms with Crippen LogP contribution < -0.4 is 17.1 Å². The largest absolute Gasteiger partial charge is 0.422 e. The van der Waals surface area contributed by atoms with E-state index in [0.717, 1.165) is 5.56 Å². The van der Waals surface area contributed by atoms with E-state index in [1.165, 1.54) is 4.57 Å². The number of nitrogens with zero attached hydrogens (tertiary/aromatic N) is 2. The van der Waals surface area contributed by atoms with Gasteiger partial charge in [0.1, 0.15) is 5.82 Å². The van der Waals surface area contributed by atoms with Crippen LogP contribution in [0.1, 0.15) is 5.56 Å². The molecule has 100 valence electrons. The van der Waals surface area contributed by atoms with E-state index in [-0.39, 0.29) is 6.54 Å². The predicted octanol–water partition coefficient (Wildman–Crippen LogP) is 0.980. The van der Waals surface area contributed by atoms with Gasteiger partial charge >= 0.3 is 11.4 Å². The van der Waals surface area contributed by atoms with Gasteiger partial charge in [0.15, 0.2) is 0 Å². The summed E-state index contributed by atoms with van der Waals surface area (Å²) in [6.45, 7) is 0.260. The highest BCUT2D eigenvalue weighted by molar-refractivity contribution is 5.77. The Morgan fingerprint density at radius 3 is 2.70 bits per heavy atom. The van der Waals surface area contributed by atoms with Crippen LogP contribution in [0.15, 0.2) is 56.6 Å². The number of rotatable bonds is 2. The molecule has 3 rings (SSSR count). The monoisotopic (exact) mass is 269 g/mol. The fourth-order valence-electron chi connectivity index (χ4n) is 2.03. The quantitative estimate of drug-likeness (QED) is 0.748. The molecular formula is C14H11N3O3. The van der Waals surface area contributed by atoms with E-state index in [0.29, 0.717) is 16.7 Å². The molecule has 0 spiro atoms. The van der Waals surface area contributed by atoms with Gasteiger partial charge in [0, 0.05) is 6.20 Å². The molecule has 0 aliphatic rings. The molecule has 2 N–H and O–H groups in total. The first kappa shape index (κ1) is 12.2. The molecule has 6 heteroatoms. The maximum atomic E-state index is 11.9. The van der Waals surface area contributed by atoms with E-state index < -0.39 is 11.4 Å². The molecule has 0 bridgehead atoms. The summed E-state index contributed by atoms with van der Waals surface area (Å²) in [6.07, 6.45) is 1.58.